The number of nitrogens with one attached hydrogen (secondary N) is 1. The Bertz CT molecular complexity index is 572. The van der Waals surface area contributed by atoms with Crippen molar-refractivity contribution < 1.29 is 0 Å². The Balaban J connectivity index is 2.71. The van der Waals surface area contributed by atoms with Gasteiger partial charge >= 0.3 is 0 Å². The highest BCUT2D eigenvalue weighted by Gasteiger charge is 2.17. The van der Waals surface area contributed by atoms with Crippen molar-refractivity contribution in [1.29, 1.82) is 0 Å². The van der Waals surface area contributed by atoms with Crippen molar-refractivity contribution in [3.05, 3.63) is 33.9 Å². The molecule has 0 atom stereocenters. The van der Waals surface area contributed by atoms with Gasteiger partial charge in [-0.2, -0.15) is 0 Å². The van der Waals surface area contributed by atoms with E-state index >= 15 is 0 Å². The van der Waals surface area contributed by atoms with Crippen LogP contribution in [-0.4, -0.2) is 14.6 Å². The molecule has 2 aromatic rings. The summed E-state index contributed by atoms with van der Waals surface area (Å²) < 4.78 is 1.50. The number of nitrogens with zero attached hydrogens (tertiary/aromatic N) is 2. The first-order chi connectivity index (χ1) is 7.41. The molecule has 0 fully saturated rings. The van der Waals surface area contributed by atoms with Crippen LogP contribution in [0.15, 0.2) is 16.9 Å². The third-order valence-electron chi connectivity index (χ3n) is 2.67. The average molecular weight is 219 g/mol. The van der Waals surface area contributed by atoms with Crippen molar-refractivity contribution in [3.8, 4) is 0 Å². The fourth-order valence-electron chi connectivity index (χ4n) is 1.61. The van der Waals surface area contributed by atoms with E-state index in [-0.39, 0.29) is 11.0 Å². The van der Waals surface area contributed by atoms with Crippen molar-refractivity contribution >= 4 is 5.65 Å². The normalized spacial score (nSPS) is 12.2. The molecule has 0 bridgehead atoms. The molecule has 0 saturated heterocycles. The lowest BCUT2D eigenvalue weighted by molar-refractivity contribution is 0.561. The molecule has 0 aliphatic rings. The van der Waals surface area contributed by atoms with Gasteiger partial charge in [0, 0.05) is 28.9 Å². The highest BCUT2D eigenvalue weighted by molar-refractivity contribution is 5.41. The molecule has 2 heterocycles. The molecular weight excluding hydrogens is 202 g/mol. The smallest absolute Gasteiger partial charge is 0.272 e. The summed E-state index contributed by atoms with van der Waals surface area (Å²) in [5, 5.41) is 3.10. The first kappa shape index (κ1) is 10.9. The van der Waals surface area contributed by atoms with Gasteiger partial charge in [0.05, 0.1) is 0 Å². The van der Waals surface area contributed by atoms with Gasteiger partial charge in [-0.3, -0.25) is 9.89 Å². The SMILES string of the molecule is CCc1cc(=O)n2[nH]c(C(C)(C)C)cc2n1. The van der Waals surface area contributed by atoms with Gasteiger partial charge in [-0.25, -0.2) is 9.50 Å². The van der Waals surface area contributed by atoms with Crippen molar-refractivity contribution in [2.24, 2.45) is 0 Å². The van der Waals surface area contributed by atoms with Crippen LogP contribution in [0.4, 0.5) is 0 Å². The number of hydrogen-bond donors (Lipinski definition) is 1. The molecule has 0 saturated carbocycles. The third kappa shape index (κ3) is 1.75. The molecule has 2 aromatic heterocycles. The Morgan fingerprint density at radius 1 is 1.38 bits per heavy atom. The minimum atomic E-state index is -0.0441. The van der Waals surface area contributed by atoms with Crippen LogP contribution in [0.25, 0.3) is 5.65 Å². The molecule has 86 valence electrons. The van der Waals surface area contributed by atoms with Crippen LogP contribution in [-0.2, 0) is 11.8 Å². The molecule has 4 heteroatoms. The molecule has 0 amide bonds. The lowest BCUT2D eigenvalue weighted by Crippen LogP contribution is -2.17. The summed E-state index contributed by atoms with van der Waals surface area (Å²) in [6.45, 7) is 8.30. The van der Waals surface area contributed by atoms with Gasteiger partial charge in [-0.1, -0.05) is 27.7 Å². The average Bonchev–Trinajstić information content (AvgIpc) is 2.61. The van der Waals surface area contributed by atoms with Crippen LogP contribution in [0.3, 0.4) is 0 Å². The molecule has 4 nitrogen and oxygen atoms in total. The minimum absolute atomic E-state index is 0.00742. The highest BCUT2D eigenvalue weighted by atomic mass is 16.1. The van der Waals surface area contributed by atoms with Crippen LogP contribution < -0.4 is 5.56 Å². The standard InChI is InChI=1S/C12H17N3O/c1-5-8-6-11(16)15-10(13-8)7-9(14-15)12(2,3)4/h6-7,14H,5H2,1-4H3. The predicted molar refractivity (Wildman–Crippen MR) is 63.9 cm³/mol. The van der Waals surface area contributed by atoms with E-state index in [1.165, 1.54) is 4.52 Å². The largest absolute Gasteiger partial charge is 0.293 e. The van der Waals surface area contributed by atoms with E-state index in [1.807, 2.05) is 13.0 Å². The summed E-state index contributed by atoms with van der Waals surface area (Å²) in [7, 11) is 0. The lowest BCUT2D eigenvalue weighted by atomic mass is 9.93. The quantitative estimate of drug-likeness (QED) is 0.796. The van der Waals surface area contributed by atoms with E-state index in [1.54, 1.807) is 6.07 Å². The molecule has 0 aliphatic heterocycles. The predicted octanol–water partition coefficient (Wildman–Crippen LogP) is 1.88. The van der Waals surface area contributed by atoms with Crippen molar-refractivity contribution in [2.45, 2.75) is 39.5 Å². The fraction of sp³-hybridized carbons (Fsp3) is 0.500. The van der Waals surface area contributed by atoms with Gasteiger partial charge in [-0.15, -0.1) is 0 Å². The Labute approximate surface area is 94.3 Å². The molecule has 0 aliphatic carbocycles. The molecular formula is C12H17N3O. The van der Waals surface area contributed by atoms with E-state index in [9.17, 15) is 4.79 Å². The van der Waals surface area contributed by atoms with Gasteiger partial charge < -0.3 is 0 Å². The van der Waals surface area contributed by atoms with Crippen LogP contribution in [0.1, 0.15) is 39.1 Å². The fourth-order valence-corrected chi connectivity index (χ4v) is 1.61. The Morgan fingerprint density at radius 2 is 2.06 bits per heavy atom. The maximum Gasteiger partial charge on any atom is 0.272 e. The lowest BCUT2D eigenvalue weighted by Gasteiger charge is -2.14. The van der Waals surface area contributed by atoms with Crippen LogP contribution in [0, 0.1) is 0 Å². The van der Waals surface area contributed by atoms with Gasteiger partial charge in [0.2, 0.25) is 0 Å². The van der Waals surface area contributed by atoms with Gasteiger partial charge in [0.15, 0.2) is 5.65 Å². The highest BCUT2D eigenvalue weighted by Crippen LogP contribution is 2.20. The number of rotatable bonds is 1. The molecule has 0 aromatic carbocycles. The Morgan fingerprint density at radius 3 is 2.62 bits per heavy atom. The van der Waals surface area contributed by atoms with E-state index in [0.717, 1.165) is 17.8 Å². The van der Waals surface area contributed by atoms with Gasteiger partial charge in [0.1, 0.15) is 0 Å². The third-order valence-corrected chi connectivity index (χ3v) is 2.67. The topological polar surface area (TPSA) is 50.2 Å². The number of aromatic amines is 1. The van der Waals surface area contributed by atoms with Crippen molar-refractivity contribution in [2.75, 3.05) is 0 Å². The summed E-state index contributed by atoms with van der Waals surface area (Å²) in [6, 6.07) is 3.52. The molecule has 0 unspecified atom stereocenters. The second-order valence-corrected chi connectivity index (χ2v) is 5.05. The van der Waals surface area contributed by atoms with E-state index in [0.29, 0.717) is 5.65 Å². The molecule has 0 spiro atoms. The number of fused-ring (bicyclic) bond motifs is 1. The first-order valence-corrected chi connectivity index (χ1v) is 5.54. The Hall–Kier alpha value is -1.58. The van der Waals surface area contributed by atoms with Crippen molar-refractivity contribution in [3.63, 3.8) is 0 Å². The first-order valence-electron chi connectivity index (χ1n) is 5.54. The molecule has 1 N–H and O–H groups in total. The summed E-state index contributed by atoms with van der Waals surface area (Å²) in [5.74, 6) is 0. The second kappa shape index (κ2) is 3.47. The number of aryl methyl sites for hydroxylation is 1. The van der Waals surface area contributed by atoms with E-state index < -0.39 is 0 Å². The van der Waals surface area contributed by atoms with Crippen LogP contribution >= 0.6 is 0 Å². The summed E-state index contributed by atoms with van der Waals surface area (Å²) in [4.78, 5) is 16.2. The summed E-state index contributed by atoms with van der Waals surface area (Å²) in [6.07, 6.45) is 0.780. The maximum absolute atomic E-state index is 11.8. The zero-order chi connectivity index (χ0) is 11.9. The van der Waals surface area contributed by atoms with Gasteiger partial charge in [0.25, 0.3) is 5.56 Å². The monoisotopic (exact) mass is 219 g/mol. The zero-order valence-electron chi connectivity index (χ0n) is 10.2. The molecule has 2 rings (SSSR count). The number of aromatic nitrogens is 3. The number of H-pyrrole nitrogens is 1. The van der Waals surface area contributed by atoms with Gasteiger partial charge in [-0.05, 0) is 6.42 Å². The summed E-state index contributed by atoms with van der Waals surface area (Å²) >= 11 is 0. The molecule has 16 heavy (non-hydrogen) atoms. The summed E-state index contributed by atoms with van der Waals surface area (Å²) in [5.41, 5.74) is 2.51. The van der Waals surface area contributed by atoms with Crippen LogP contribution in [0.2, 0.25) is 0 Å². The van der Waals surface area contributed by atoms with Crippen molar-refractivity contribution in [1.82, 2.24) is 14.6 Å². The van der Waals surface area contributed by atoms with E-state index in [4.69, 9.17) is 0 Å². The number of hydrogen-bond acceptors (Lipinski definition) is 2. The Kier molecular flexibility index (Phi) is 2.37. The maximum atomic E-state index is 11.8. The molecule has 0 radical (unpaired) electrons. The van der Waals surface area contributed by atoms with E-state index in [2.05, 4.69) is 30.9 Å². The zero-order valence-corrected chi connectivity index (χ0v) is 10.2. The van der Waals surface area contributed by atoms with Crippen LogP contribution in [0.5, 0.6) is 0 Å². The second-order valence-electron chi connectivity index (χ2n) is 5.05. The minimum Gasteiger partial charge on any atom is -0.293 e.